The summed E-state index contributed by atoms with van der Waals surface area (Å²) in [7, 11) is 0. The largest absolute Gasteiger partial charge is 0.389 e. The van der Waals surface area contributed by atoms with E-state index in [2.05, 4.69) is 15.9 Å². The summed E-state index contributed by atoms with van der Waals surface area (Å²) in [4.78, 5) is 5.90. The van der Waals surface area contributed by atoms with Gasteiger partial charge < -0.3 is 9.84 Å². The van der Waals surface area contributed by atoms with Crippen molar-refractivity contribution >= 4 is 11.3 Å². The van der Waals surface area contributed by atoms with Gasteiger partial charge in [-0.25, -0.2) is 0 Å². The highest BCUT2D eigenvalue weighted by Gasteiger charge is 2.19. The summed E-state index contributed by atoms with van der Waals surface area (Å²) in [6.45, 7) is 6.42. The van der Waals surface area contributed by atoms with Gasteiger partial charge in [-0.15, -0.1) is 11.3 Å². The normalized spacial score (nSPS) is 17.1. The fourth-order valence-corrected chi connectivity index (χ4v) is 3.75. The van der Waals surface area contributed by atoms with Gasteiger partial charge in [-0.3, -0.25) is 9.80 Å². The lowest BCUT2D eigenvalue weighted by Crippen LogP contribution is -2.48. The second-order valence-corrected chi connectivity index (χ2v) is 7.67. The number of hydrogen-bond donors (Lipinski definition) is 1. The van der Waals surface area contributed by atoms with Crippen LogP contribution in [0.4, 0.5) is 0 Å². The summed E-state index contributed by atoms with van der Waals surface area (Å²) in [5.74, 6) is 0. The number of ether oxygens (including phenoxy) is 1. The van der Waals surface area contributed by atoms with Crippen molar-refractivity contribution in [2.75, 3.05) is 39.3 Å². The van der Waals surface area contributed by atoms with Gasteiger partial charge in [-0.1, -0.05) is 18.2 Å². The summed E-state index contributed by atoms with van der Waals surface area (Å²) >= 11 is 1.67. The Bertz CT molecular complexity index is 689. The molecule has 3 rings (SSSR count). The van der Waals surface area contributed by atoms with Crippen LogP contribution in [0.5, 0.6) is 0 Å². The van der Waals surface area contributed by atoms with Crippen molar-refractivity contribution < 1.29 is 9.84 Å². The lowest BCUT2D eigenvalue weighted by atomic mass is 10.1. The Morgan fingerprint density at radius 2 is 1.85 bits per heavy atom. The number of thiophene rings is 1. The molecule has 0 radical (unpaired) electrons. The Balaban J connectivity index is 1.33. The third-order valence-electron chi connectivity index (χ3n) is 4.56. The number of nitrogens with zero attached hydrogens (tertiary/aromatic N) is 3. The van der Waals surface area contributed by atoms with Crippen LogP contribution in [0.15, 0.2) is 41.8 Å². The van der Waals surface area contributed by atoms with E-state index in [4.69, 9.17) is 10.00 Å². The minimum Gasteiger partial charge on any atom is -0.389 e. The molecule has 5 nitrogen and oxygen atoms in total. The van der Waals surface area contributed by atoms with Crippen LogP contribution in [0, 0.1) is 11.3 Å². The maximum atomic E-state index is 10.2. The highest BCUT2D eigenvalue weighted by atomic mass is 32.1. The standard InChI is InChI=1S/C20H25N3O2S/c21-12-17-3-5-18(6-4-17)13-22-7-9-23(10-8-22)14-19(24)15-25-16-20-2-1-11-26-20/h1-6,11,19,24H,7-10,13-16H2. The van der Waals surface area contributed by atoms with Gasteiger partial charge >= 0.3 is 0 Å². The first-order chi connectivity index (χ1) is 12.7. The molecule has 1 aliphatic heterocycles. The zero-order valence-corrected chi connectivity index (χ0v) is 15.7. The molecular formula is C20H25N3O2S. The summed E-state index contributed by atoms with van der Waals surface area (Å²) in [6.07, 6.45) is -0.444. The summed E-state index contributed by atoms with van der Waals surface area (Å²) in [5.41, 5.74) is 1.94. The van der Waals surface area contributed by atoms with Crippen molar-refractivity contribution in [3.05, 3.63) is 57.8 Å². The fourth-order valence-electron chi connectivity index (χ4n) is 3.11. The zero-order valence-electron chi connectivity index (χ0n) is 14.9. The van der Waals surface area contributed by atoms with Crippen molar-refractivity contribution in [1.29, 1.82) is 5.26 Å². The van der Waals surface area contributed by atoms with Gasteiger partial charge in [0.15, 0.2) is 0 Å². The minimum atomic E-state index is -0.444. The average Bonchev–Trinajstić information content (AvgIpc) is 3.17. The van der Waals surface area contributed by atoms with Crippen LogP contribution in [0.2, 0.25) is 0 Å². The summed E-state index contributed by atoms with van der Waals surface area (Å²) in [5, 5.41) is 21.1. The van der Waals surface area contributed by atoms with Gasteiger partial charge in [0.25, 0.3) is 0 Å². The minimum absolute atomic E-state index is 0.378. The average molecular weight is 372 g/mol. The fraction of sp³-hybridized carbons (Fsp3) is 0.450. The molecule has 1 saturated heterocycles. The number of benzene rings is 1. The molecule has 1 aromatic heterocycles. The molecule has 2 heterocycles. The molecule has 0 amide bonds. The van der Waals surface area contributed by atoms with E-state index in [-0.39, 0.29) is 0 Å². The second-order valence-electron chi connectivity index (χ2n) is 6.63. The molecule has 0 saturated carbocycles. The van der Waals surface area contributed by atoms with Crippen molar-refractivity contribution in [1.82, 2.24) is 9.80 Å². The second kappa shape index (κ2) is 9.81. The number of hydrogen-bond acceptors (Lipinski definition) is 6. The van der Waals surface area contributed by atoms with Crippen molar-refractivity contribution in [2.45, 2.75) is 19.3 Å². The van der Waals surface area contributed by atoms with Gasteiger partial charge in [0, 0.05) is 44.1 Å². The number of aliphatic hydroxyl groups is 1. The molecule has 2 aromatic rings. The van der Waals surface area contributed by atoms with Crippen LogP contribution >= 0.6 is 11.3 Å². The van der Waals surface area contributed by atoms with Crippen LogP contribution < -0.4 is 0 Å². The predicted octanol–water partition coefficient (Wildman–Crippen LogP) is 2.32. The highest BCUT2D eigenvalue weighted by Crippen LogP contribution is 2.12. The van der Waals surface area contributed by atoms with Crippen molar-refractivity contribution in [3.63, 3.8) is 0 Å². The molecule has 0 spiro atoms. The van der Waals surface area contributed by atoms with Crippen molar-refractivity contribution in [3.8, 4) is 6.07 Å². The van der Waals surface area contributed by atoms with E-state index in [1.54, 1.807) is 11.3 Å². The Kier molecular flexibility index (Phi) is 7.18. The quantitative estimate of drug-likeness (QED) is 0.772. The van der Waals surface area contributed by atoms with Gasteiger partial charge in [-0.2, -0.15) is 5.26 Å². The molecule has 26 heavy (non-hydrogen) atoms. The molecule has 1 fully saturated rings. The zero-order chi connectivity index (χ0) is 18.2. The van der Waals surface area contributed by atoms with Crippen LogP contribution in [-0.2, 0) is 17.9 Å². The first-order valence-electron chi connectivity index (χ1n) is 8.95. The predicted molar refractivity (Wildman–Crippen MR) is 103 cm³/mol. The lowest BCUT2D eigenvalue weighted by molar-refractivity contribution is 0.00153. The Morgan fingerprint density at radius 1 is 1.12 bits per heavy atom. The van der Waals surface area contributed by atoms with E-state index >= 15 is 0 Å². The summed E-state index contributed by atoms with van der Waals surface area (Å²) < 4.78 is 5.60. The van der Waals surface area contributed by atoms with E-state index in [0.717, 1.165) is 32.7 Å². The first kappa shape index (κ1) is 19.0. The Morgan fingerprint density at radius 3 is 2.50 bits per heavy atom. The van der Waals surface area contributed by atoms with Crippen LogP contribution in [0.25, 0.3) is 0 Å². The molecule has 1 N–H and O–H groups in total. The molecule has 1 aliphatic rings. The topological polar surface area (TPSA) is 59.7 Å². The van der Waals surface area contributed by atoms with E-state index in [1.807, 2.05) is 41.8 Å². The molecule has 1 aromatic carbocycles. The molecule has 1 atom stereocenters. The smallest absolute Gasteiger partial charge is 0.0991 e. The molecule has 1 unspecified atom stereocenters. The lowest BCUT2D eigenvalue weighted by Gasteiger charge is -2.35. The maximum Gasteiger partial charge on any atom is 0.0991 e. The van der Waals surface area contributed by atoms with Gasteiger partial charge in [-0.05, 0) is 29.1 Å². The number of nitriles is 1. The van der Waals surface area contributed by atoms with Crippen LogP contribution in [-0.4, -0.2) is 60.3 Å². The van der Waals surface area contributed by atoms with E-state index in [9.17, 15) is 5.11 Å². The third-order valence-corrected chi connectivity index (χ3v) is 5.41. The number of piperazine rings is 1. The van der Waals surface area contributed by atoms with Gasteiger partial charge in [0.05, 0.1) is 31.0 Å². The van der Waals surface area contributed by atoms with Gasteiger partial charge in [0.1, 0.15) is 0 Å². The molecular weight excluding hydrogens is 346 g/mol. The van der Waals surface area contributed by atoms with E-state index < -0.39 is 6.10 Å². The van der Waals surface area contributed by atoms with Crippen LogP contribution in [0.3, 0.4) is 0 Å². The molecule has 0 bridgehead atoms. The van der Waals surface area contributed by atoms with Gasteiger partial charge in [0.2, 0.25) is 0 Å². The molecule has 6 heteroatoms. The number of aliphatic hydroxyl groups excluding tert-OH is 1. The first-order valence-corrected chi connectivity index (χ1v) is 9.83. The monoisotopic (exact) mass is 371 g/mol. The van der Waals surface area contributed by atoms with E-state index in [1.165, 1.54) is 10.4 Å². The third kappa shape index (κ3) is 5.90. The SMILES string of the molecule is N#Cc1ccc(CN2CCN(CC(O)COCc3cccs3)CC2)cc1. The van der Waals surface area contributed by atoms with E-state index in [0.29, 0.717) is 25.3 Å². The molecule has 138 valence electrons. The number of β-amino-alcohol motifs (C(OH)–C–C–N with tert-alkyl or cyclic N) is 1. The molecule has 0 aliphatic carbocycles. The highest BCUT2D eigenvalue weighted by molar-refractivity contribution is 7.09. The van der Waals surface area contributed by atoms with Crippen molar-refractivity contribution in [2.24, 2.45) is 0 Å². The Hall–Kier alpha value is -1.75. The number of rotatable bonds is 8. The maximum absolute atomic E-state index is 10.2. The summed E-state index contributed by atoms with van der Waals surface area (Å²) in [6, 6.07) is 14.0. The Labute approximate surface area is 159 Å². The van der Waals surface area contributed by atoms with Crippen LogP contribution in [0.1, 0.15) is 16.0 Å².